The second-order valence-corrected chi connectivity index (χ2v) is 6.15. The molecule has 1 saturated heterocycles. The van der Waals surface area contributed by atoms with Crippen molar-refractivity contribution in [3.63, 3.8) is 0 Å². The molecule has 6 heteroatoms. The predicted molar refractivity (Wildman–Crippen MR) is 59.3 cm³/mol. The van der Waals surface area contributed by atoms with E-state index in [1.807, 2.05) is 0 Å². The molecule has 1 rings (SSSR count). The maximum atomic E-state index is 12.0. The van der Waals surface area contributed by atoms with Gasteiger partial charge in [-0.2, -0.15) is 0 Å². The van der Waals surface area contributed by atoms with Crippen LogP contribution in [0.3, 0.4) is 0 Å². The molecule has 0 radical (unpaired) electrons. The Labute approximate surface area is 91.8 Å². The van der Waals surface area contributed by atoms with E-state index in [-0.39, 0.29) is 5.25 Å². The molecule has 1 N–H and O–H groups in total. The first-order valence-electron chi connectivity index (χ1n) is 5.24. The Kier molecular flexibility index (Phi) is 4.98. The van der Waals surface area contributed by atoms with Crippen LogP contribution in [0.25, 0.3) is 0 Å². The van der Waals surface area contributed by atoms with E-state index < -0.39 is 10.0 Å². The maximum absolute atomic E-state index is 12.0. The van der Waals surface area contributed by atoms with Crippen LogP contribution in [0.4, 0.5) is 0 Å². The van der Waals surface area contributed by atoms with Gasteiger partial charge in [-0.3, -0.25) is 0 Å². The minimum atomic E-state index is -3.14. The fourth-order valence-corrected chi connectivity index (χ4v) is 3.31. The highest BCUT2D eigenvalue weighted by molar-refractivity contribution is 7.89. The van der Waals surface area contributed by atoms with Crippen molar-refractivity contribution in [2.24, 2.45) is 0 Å². The molecule has 0 spiro atoms. The van der Waals surface area contributed by atoms with E-state index in [2.05, 4.69) is 5.32 Å². The first-order valence-corrected chi connectivity index (χ1v) is 6.74. The maximum Gasteiger partial charge on any atom is 0.218 e. The van der Waals surface area contributed by atoms with Crippen molar-refractivity contribution in [2.75, 3.05) is 40.4 Å². The highest BCUT2D eigenvalue weighted by Crippen LogP contribution is 2.14. The molecule has 90 valence electrons. The highest BCUT2D eigenvalue weighted by atomic mass is 32.2. The lowest BCUT2D eigenvalue weighted by Gasteiger charge is -2.27. The van der Waals surface area contributed by atoms with Crippen molar-refractivity contribution < 1.29 is 13.2 Å². The van der Waals surface area contributed by atoms with Crippen molar-refractivity contribution in [3.05, 3.63) is 0 Å². The molecule has 1 atom stereocenters. The van der Waals surface area contributed by atoms with Crippen molar-refractivity contribution in [1.82, 2.24) is 9.62 Å². The molecule has 5 nitrogen and oxygen atoms in total. The zero-order valence-corrected chi connectivity index (χ0v) is 10.2. The summed E-state index contributed by atoms with van der Waals surface area (Å²) in [6, 6.07) is 0. The summed E-state index contributed by atoms with van der Waals surface area (Å²) in [6.45, 7) is 2.36. The van der Waals surface area contributed by atoms with Crippen LogP contribution in [0.5, 0.6) is 0 Å². The summed E-state index contributed by atoms with van der Waals surface area (Å²) >= 11 is 0. The highest BCUT2D eigenvalue weighted by Gasteiger charge is 2.30. The summed E-state index contributed by atoms with van der Waals surface area (Å²) in [4.78, 5) is 0. The molecule has 0 amide bonds. The second-order valence-electron chi connectivity index (χ2n) is 3.83. The van der Waals surface area contributed by atoms with Gasteiger partial charge in [-0.15, -0.1) is 0 Å². The number of likely N-dealkylation sites (N-methyl/N-ethyl adjacent to an activating group) is 1. The Bertz CT molecular complexity index is 273. The third kappa shape index (κ3) is 3.41. The van der Waals surface area contributed by atoms with Crippen molar-refractivity contribution in [3.8, 4) is 0 Å². The molecule has 0 bridgehead atoms. The summed E-state index contributed by atoms with van der Waals surface area (Å²) in [5.74, 6) is 0. The number of ether oxygens (including phenoxy) is 1. The Morgan fingerprint density at radius 2 is 2.27 bits per heavy atom. The zero-order chi connectivity index (χ0) is 11.3. The number of methoxy groups -OCH3 is 1. The second kappa shape index (κ2) is 5.79. The number of hydrogen-bond acceptors (Lipinski definition) is 4. The van der Waals surface area contributed by atoms with E-state index >= 15 is 0 Å². The van der Waals surface area contributed by atoms with Crippen molar-refractivity contribution in [2.45, 2.75) is 18.1 Å². The molecular formula is C9H20N2O3S. The van der Waals surface area contributed by atoms with Gasteiger partial charge in [0, 0.05) is 27.2 Å². The summed E-state index contributed by atoms with van der Waals surface area (Å²) in [6.07, 6.45) is 1.69. The van der Waals surface area contributed by atoms with Gasteiger partial charge < -0.3 is 10.1 Å². The van der Waals surface area contributed by atoms with E-state index in [9.17, 15) is 8.42 Å². The molecule has 0 unspecified atom stereocenters. The third-order valence-corrected chi connectivity index (χ3v) is 5.01. The zero-order valence-electron chi connectivity index (χ0n) is 9.40. The van der Waals surface area contributed by atoms with Gasteiger partial charge in [-0.25, -0.2) is 12.7 Å². The van der Waals surface area contributed by atoms with Gasteiger partial charge in [-0.05, 0) is 19.4 Å². The predicted octanol–water partition coefficient (Wildman–Crippen LogP) is -0.354. The normalized spacial score (nSPS) is 23.3. The Morgan fingerprint density at radius 1 is 1.53 bits per heavy atom. The molecular weight excluding hydrogens is 216 g/mol. The molecule has 0 aromatic carbocycles. The third-order valence-electron chi connectivity index (χ3n) is 2.72. The standard InChI is InChI=1S/C9H20N2O3S/c1-11(6-7-14-2)15(12,13)9-4-3-5-10-8-9/h9-10H,3-8H2,1-2H3/t9-/m0/s1. The van der Waals surface area contributed by atoms with Crippen LogP contribution in [0, 0.1) is 0 Å². The fraction of sp³-hybridized carbons (Fsp3) is 1.00. The van der Waals surface area contributed by atoms with Crippen LogP contribution in [-0.2, 0) is 14.8 Å². The van der Waals surface area contributed by atoms with Crippen molar-refractivity contribution >= 4 is 10.0 Å². The Hall–Kier alpha value is -0.170. The largest absolute Gasteiger partial charge is 0.383 e. The van der Waals surface area contributed by atoms with Gasteiger partial charge in [0.15, 0.2) is 0 Å². The van der Waals surface area contributed by atoms with E-state index in [4.69, 9.17) is 4.74 Å². The van der Waals surface area contributed by atoms with Crippen LogP contribution in [-0.4, -0.2) is 58.4 Å². The topological polar surface area (TPSA) is 58.6 Å². The molecule has 0 aliphatic carbocycles. The van der Waals surface area contributed by atoms with Gasteiger partial charge in [0.1, 0.15) is 0 Å². The monoisotopic (exact) mass is 236 g/mol. The molecule has 1 fully saturated rings. The Balaban J connectivity index is 2.55. The SMILES string of the molecule is COCCN(C)S(=O)(=O)[C@H]1CCCNC1. The number of sulfonamides is 1. The summed E-state index contributed by atoms with van der Waals surface area (Å²) in [5.41, 5.74) is 0. The average molecular weight is 236 g/mol. The average Bonchev–Trinajstić information content (AvgIpc) is 2.27. The molecule has 0 aromatic rings. The van der Waals surface area contributed by atoms with Crippen LogP contribution >= 0.6 is 0 Å². The van der Waals surface area contributed by atoms with Crippen LogP contribution in [0.15, 0.2) is 0 Å². The van der Waals surface area contributed by atoms with E-state index in [0.29, 0.717) is 19.7 Å². The van der Waals surface area contributed by atoms with Gasteiger partial charge in [0.25, 0.3) is 0 Å². The van der Waals surface area contributed by atoms with Crippen LogP contribution in [0.2, 0.25) is 0 Å². The van der Waals surface area contributed by atoms with Gasteiger partial charge in [-0.1, -0.05) is 0 Å². The lowest BCUT2D eigenvalue weighted by molar-refractivity contribution is 0.184. The molecule has 15 heavy (non-hydrogen) atoms. The Morgan fingerprint density at radius 3 is 2.80 bits per heavy atom. The number of piperidine rings is 1. The molecule has 0 aromatic heterocycles. The van der Waals surface area contributed by atoms with Crippen LogP contribution < -0.4 is 5.32 Å². The number of nitrogens with zero attached hydrogens (tertiary/aromatic N) is 1. The summed E-state index contributed by atoms with van der Waals surface area (Å²) in [7, 11) is 0.0426. The van der Waals surface area contributed by atoms with E-state index in [1.54, 1.807) is 14.2 Å². The number of hydrogen-bond donors (Lipinski definition) is 1. The van der Waals surface area contributed by atoms with E-state index in [0.717, 1.165) is 19.4 Å². The van der Waals surface area contributed by atoms with Gasteiger partial charge in [0.05, 0.1) is 11.9 Å². The lowest BCUT2D eigenvalue weighted by atomic mass is 10.2. The molecule has 1 heterocycles. The number of nitrogens with one attached hydrogen (secondary N) is 1. The lowest BCUT2D eigenvalue weighted by Crippen LogP contribution is -2.45. The fourth-order valence-electron chi connectivity index (χ4n) is 1.68. The minimum Gasteiger partial charge on any atom is -0.383 e. The van der Waals surface area contributed by atoms with E-state index in [1.165, 1.54) is 4.31 Å². The first-order chi connectivity index (χ1) is 7.09. The minimum absolute atomic E-state index is 0.270. The van der Waals surface area contributed by atoms with Gasteiger partial charge in [0.2, 0.25) is 10.0 Å². The van der Waals surface area contributed by atoms with Gasteiger partial charge >= 0.3 is 0 Å². The number of rotatable bonds is 5. The molecule has 1 aliphatic heterocycles. The first kappa shape index (κ1) is 12.9. The van der Waals surface area contributed by atoms with Crippen molar-refractivity contribution in [1.29, 1.82) is 0 Å². The quantitative estimate of drug-likeness (QED) is 0.708. The summed E-state index contributed by atoms with van der Waals surface area (Å²) < 4.78 is 30.3. The molecule has 1 aliphatic rings. The smallest absolute Gasteiger partial charge is 0.218 e. The molecule has 0 saturated carbocycles. The summed E-state index contributed by atoms with van der Waals surface area (Å²) in [5, 5.41) is 2.84. The van der Waals surface area contributed by atoms with Crippen LogP contribution in [0.1, 0.15) is 12.8 Å².